The summed E-state index contributed by atoms with van der Waals surface area (Å²) in [4.78, 5) is 23.6. The molecule has 30 heavy (non-hydrogen) atoms. The average molecular weight is 431 g/mol. The fraction of sp³-hybridized carbons (Fsp3) is 0.304. The van der Waals surface area contributed by atoms with E-state index in [1.807, 2.05) is 36.6 Å². The first-order chi connectivity index (χ1) is 14.4. The van der Waals surface area contributed by atoms with Gasteiger partial charge < -0.3 is 18.9 Å². The smallest absolute Gasteiger partial charge is 0.330 e. The molecule has 2 unspecified atom stereocenters. The van der Waals surface area contributed by atoms with Gasteiger partial charge in [-0.3, -0.25) is 0 Å². The predicted octanol–water partition coefficient (Wildman–Crippen LogP) is 4.55. The van der Waals surface area contributed by atoms with Gasteiger partial charge in [-0.1, -0.05) is 37.4 Å². The van der Waals surface area contributed by atoms with Gasteiger partial charge in [0.25, 0.3) is 0 Å². The minimum Gasteiger partial charge on any atom is -0.489 e. The van der Waals surface area contributed by atoms with Crippen LogP contribution < -0.4 is 9.47 Å². The highest BCUT2D eigenvalue weighted by atomic mass is 32.2. The van der Waals surface area contributed by atoms with E-state index in [9.17, 15) is 9.59 Å². The zero-order chi connectivity index (χ0) is 22.1. The summed E-state index contributed by atoms with van der Waals surface area (Å²) in [6.45, 7) is 10.7. The second-order valence-electron chi connectivity index (χ2n) is 6.48. The van der Waals surface area contributed by atoms with E-state index in [0.29, 0.717) is 11.5 Å². The molecule has 0 aliphatic heterocycles. The molecule has 0 N–H and O–H groups in total. The van der Waals surface area contributed by atoms with Crippen LogP contribution in [-0.2, 0) is 19.1 Å². The highest BCUT2D eigenvalue weighted by Gasteiger charge is 2.17. The van der Waals surface area contributed by atoms with Gasteiger partial charge in [0.1, 0.15) is 36.9 Å². The summed E-state index contributed by atoms with van der Waals surface area (Å²) in [6, 6.07) is 9.60. The topological polar surface area (TPSA) is 71.1 Å². The van der Waals surface area contributed by atoms with Crippen LogP contribution in [0.25, 0.3) is 10.8 Å². The molecule has 0 aliphatic carbocycles. The molecule has 2 atom stereocenters. The lowest BCUT2D eigenvalue weighted by Gasteiger charge is -2.20. The van der Waals surface area contributed by atoms with Crippen molar-refractivity contribution in [3.63, 3.8) is 0 Å². The van der Waals surface area contributed by atoms with Crippen LogP contribution in [0.5, 0.6) is 11.5 Å². The quantitative estimate of drug-likeness (QED) is 0.294. The number of fused-ring (bicyclic) bond motifs is 1. The lowest BCUT2D eigenvalue weighted by molar-refractivity contribution is -0.144. The maximum Gasteiger partial charge on any atom is 0.330 e. The molecule has 2 aromatic carbocycles. The molecule has 0 saturated heterocycles. The Kier molecular flexibility index (Phi) is 8.80. The number of benzene rings is 2. The van der Waals surface area contributed by atoms with Crippen LogP contribution >= 0.6 is 11.8 Å². The normalized spacial score (nSPS) is 12.5. The first kappa shape index (κ1) is 23.3. The third-order valence-electron chi connectivity index (χ3n) is 4.05. The monoisotopic (exact) mass is 430 g/mol. The van der Waals surface area contributed by atoms with Crippen molar-refractivity contribution < 1.29 is 28.5 Å². The number of thioether (sulfide) groups is 1. The number of carbonyl (C=O) groups excluding carboxylic acids is 2. The van der Waals surface area contributed by atoms with Gasteiger partial charge in [0.05, 0.1) is 4.90 Å². The zero-order valence-electron chi connectivity index (χ0n) is 17.4. The van der Waals surface area contributed by atoms with E-state index in [1.54, 1.807) is 13.8 Å². The van der Waals surface area contributed by atoms with Crippen LogP contribution in [0, 0.1) is 0 Å². The SMILES string of the molecule is C=CC(=O)OC(C)COc1cc(SC)c(OCC(C)OC(=O)C=C)c2ccccc12. The van der Waals surface area contributed by atoms with Crippen molar-refractivity contribution in [3.05, 3.63) is 55.6 Å². The molecule has 2 rings (SSSR count). The third-order valence-corrected chi connectivity index (χ3v) is 4.79. The Morgan fingerprint density at radius 1 is 0.967 bits per heavy atom. The second kappa shape index (κ2) is 11.3. The molecular formula is C23H26O6S. The molecule has 0 spiro atoms. The van der Waals surface area contributed by atoms with E-state index in [0.717, 1.165) is 27.8 Å². The van der Waals surface area contributed by atoms with Gasteiger partial charge in [0, 0.05) is 22.9 Å². The van der Waals surface area contributed by atoms with Crippen LogP contribution in [0.15, 0.2) is 60.5 Å². The molecule has 0 aromatic heterocycles. The number of ether oxygens (including phenoxy) is 4. The third kappa shape index (κ3) is 6.29. The van der Waals surface area contributed by atoms with Gasteiger partial charge in [0.2, 0.25) is 0 Å². The molecular weight excluding hydrogens is 404 g/mol. The highest BCUT2D eigenvalue weighted by Crippen LogP contribution is 2.41. The van der Waals surface area contributed by atoms with E-state index in [-0.39, 0.29) is 13.2 Å². The molecule has 160 valence electrons. The van der Waals surface area contributed by atoms with Crippen molar-refractivity contribution in [1.29, 1.82) is 0 Å². The van der Waals surface area contributed by atoms with Crippen molar-refractivity contribution >= 4 is 34.5 Å². The number of carbonyl (C=O) groups is 2. The number of hydrogen-bond acceptors (Lipinski definition) is 7. The van der Waals surface area contributed by atoms with Crippen LogP contribution in [0.1, 0.15) is 13.8 Å². The van der Waals surface area contributed by atoms with E-state index in [1.165, 1.54) is 11.8 Å². The first-order valence-electron chi connectivity index (χ1n) is 9.41. The fourth-order valence-electron chi connectivity index (χ4n) is 2.68. The molecule has 0 aliphatic rings. The summed E-state index contributed by atoms with van der Waals surface area (Å²) in [7, 11) is 0. The standard InChI is InChI=1S/C23H26O6S/c1-6-21(24)28-15(3)13-26-19-12-20(30-5)23(18-11-9-8-10-17(18)19)27-14-16(4)29-22(25)7-2/h6-12,15-16H,1-2,13-14H2,3-5H3. The highest BCUT2D eigenvalue weighted by molar-refractivity contribution is 7.98. The van der Waals surface area contributed by atoms with Crippen LogP contribution in [-0.4, -0.2) is 43.6 Å². The largest absolute Gasteiger partial charge is 0.489 e. The van der Waals surface area contributed by atoms with Gasteiger partial charge in [-0.05, 0) is 26.2 Å². The van der Waals surface area contributed by atoms with Gasteiger partial charge in [-0.25, -0.2) is 9.59 Å². The van der Waals surface area contributed by atoms with Crippen molar-refractivity contribution in [1.82, 2.24) is 0 Å². The number of rotatable bonds is 11. The van der Waals surface area contributed by atoms with Crippen molar-refractivity contribution in [3.8, 4) is 11.5 Å². The Labute approximate surface area is 180 Å². The molecule has 0 amide bonds. The molecule has 0 fully saturated rings. The molecule has 0 heterocycles. The Morgan fingerprint density at radius 2 is 1.50 bits per heavy atom. The van der Waals surface area contributed by atoms with Crippen molar-refractivity contribution in [2.24, 2.45) is 0 Å². The van der Waals surface area contributed by atoms with Gasteiger partial charge >= 0.3 is 11.9 Å². The molecule has 6 nitrogen and oxygen atoms in total. The van der Waals surface area contributed by atoms with Crippen LogP contribution in [0.2, 0.25) is 0 Å². The van der Waals surface area contributed by atoms with E-state index in [4.69, 9.17) is 18.9 Å². The first-order valence-corrected chi connectivity index (χ1v) is 10.6. The van der Waals surface area contributed by atoms with Crippen LogP contribution in [0.3, 0.4) is 0 Å². The summed E-state index contributed by atoms with van der Waals surface area (Å²) in [5.41, 5.74) is 0. The Hall–Kier alpha value is -2.93. The number of hydrogen-bond donors (Lipinski definition) is 0. The molecule has 7 heteroatoms. The minimum atomic E-state index is -0.490. The van der Waals surface area contributed by atoms with E-state index in [2.05, 4.69) is 13.2 Å². The lowest BCUT2D eigenvalue weighted by Crippen LogP contribution is -2.21. The summed E-state index contributed by atoms with van der Waals surface area (Å²) < 4.78 is 22.3. The molecule has 0 saturated carbocycles. The number of esters is 2. The summed E-state index contributed by atoms with van der Waals surface area (Å²) in [5, 5.41) is 1.74. The molecule has 2 aromatic rings. The van der Waals surface area contributed by atoms with Gasteiger partial charge in [0.15, 0.2) is 0 Å². The Morgan fingerprint density at radius 3 is 2.03 bits per heavy atom. The fourth-order valence-corrected chi connectivity index (χ4v) is 3.26. The predicted molar refractivity (Wildman–Crippen MR) is 118 cm³/mol. The Bertz CT molecular complexity index is 923. The maximum atomic E-state index is 11.4. The Balaban J connectivity index is 2.25. The summed E-state index contributed by atoms with van der Waals surface area (Å²) >= 11 is 1.52. The van der Waals surface area contributed by atoms with E-state index >= 15 is 0 Å². The van der Waals surface area contributed by atoms with E-state index < -0.39 is 24.1 Å². The lowest BCUT2D eigenvalue weighted by atomic mass is 10.1. The van der Waals surface area contributed by atoms with Crippen molar-refractivity contribution in [2.45, 2.75) is 31.0 Å². The van der Waals surface area contributed by atoms with Crippen LogP contribution in [0.4, 0.5) is 0 Å². The molecule has 0 bridgehead atoms. The van der Waals surface area contributed by atoms with Gasteiger partial charge in [-0.15, -0.1) is 11.8 Å². The van der Waals surface area contributed by atoms with Gasteiger partial charge in [-0.2, -0.15) is 0 Å². The zero-order valence-corrected chi connectivity index (χ0v) is 18.2. The average Bonchev–Trinajstić information content (AvgIpc) is 2.75. The van der Waals surface area contributed by atoms with Crippen molar-refractivity contribution in [2.75, 3.05) is 19.5 Å². The summed E-state index contributed by atoms with van der Waals surface area (Å²) in [5.74, 6) is 0.375. The summed E-state index contributed by atoms with van der Waals surface area (Å²) in [6.07, 6.45) is 3.33. The maximum absolute atomic E-state index is 11.4. The molecule has 0 radical (unpaired) electrons. The minimum absolute atomic E-state index is 0.200. The second-order valence-corrected chi connectivity index (χ2v) is 7.33.